The van der Waals surface area contributed by atoms with Crippen molar-refractivity contribution in [3.63, 3.8) is 0 Å². The highest BCUT2D eigenvalue weighted by molar-refractivity contribution is 6.32. The largest absolute Gasteiger partial charge is 0.494 e. The van der Waals surface area contributed by atoms with Crippen LogP contribution in [0.5, 0.6) is 5.75 Å². The molecule has 0 atom stereocenters. The molecule has 0 bridgehead atoms. The Labute approximate surface area is 238 Å². The van der Waals surface area contributed by atoms with Gasteiger partial charge in [-0.05, 0) is 86.9 Å². The lowest BCUT2D eigenvalue weighted by Crippen LogP contribution is -2.12. The average Bonchev–Trinajstić information content (AvgIpc) is 3.39. The number of fused-ring (bicyclic) bond motifs is 2. The molecule has 0 saturated heterocycles. The fourth-order valence-corrected chi connectivity index (χ4v) is 6.05. The molecule has 2 aromatic heterocycles. The molecule has 1 aliphatic rings. The van der Waals surface area contributed by atoms with Crippen molar-refractivity contribution in [3.8, 4) is 16.9 Å². The minimum Gasteiger partial charge on any atom is -0.494 e. The third-order valence-electron chi connectivity index (χ3n) is 7.71. The molecule has 0 unspecified atom stereocenters. The van der Waals surface area contributed by atoms with Crippen molar-refractivity contribution in [2.45, 2.75) is 66.0 Å². The van der Waals surface area contributed by atoms with Crippen LogP contribution >= 0.6 is 11.6 Å². The van der Waals surface area contributed by atoms with E-state index in [-0.39, 0.29) is 12.3 Å². The zero-order chi connectivity index (χ0) is 28.6. The summed E-state index contributed by atoms with van der Waals surface area (Å²) in [6.07, 6.45) is 3.19. The molecular formula is C31H35ClFN3O4. The molecule has 9 heteroatoms. The predicted molar refractivity (Wildman–Crippen MR) is 154 cm³/mol. The smallest absolute Gasteiger partial charge is 0.352 e. The average molecular weight is 568 g/mol. The Hall–Kier alpha value is -3.36. The topological polar surface area (TPSA) is 78.5 Å². The van der Waals surface area contributed by atoms with Crippen molar-refractivity contribution in [1.82, 2.24) is 14.3 Å². The van der Waals surface area contributed by atoms with E-state index in [4.69, 9.17) is 21.1 Å². The summed E-state index contributed by atoms with van der Waals surface area (Å²) in [5.41, 5.74) is 6.08. The lowest BCUT2D eigenvalue weighted by molar-refractivity contribution is 0.0683. The summed E-state index contributed by atoms with van der Waals surface area (Å²) in [7, 11) is 1.85. The molecule has 0 spiro atoms. The summed E-state index contributed by atoms with van der Waals surface area (Å²) in [6.45, 7) is 7.55. The van der Waals surface area contributed by atoms with Crippen LogP contribution in [0, 0.1) is 19.7 Å². The Morgan fingerprint density at radius 3 is 2.65 bits per heavy atom. The van der Waals surface area contributed by atoms with Gasteiger partial charge in [-0.15, -0.1) is 0 Å². The number of hydrogen-bond acceptors (Lipinski definition) is 4. The van der Waals surface area contributed by atoms with Crippen LogP contribution in [0.1, 0.15) is 64.8 Å². The number of aryl methyl sites for hydroxylation is 5. The molecule has 40 heavy (non-hydrogen) atoms. The number of aromatic carboxylic acids is 1. The van der Waals surface area contributed by atoms with Crippen LogP contribution in [0.3, 0.4) is 0 Å². The van der Waals surface area contributed by atoms with Gasteiger partial charge in [-0.25, -0.2) is 9.18 Å². The first-order valence-electron chi connectivity index (χ1n) is 13.8. The highest BCUT2D eigenvalue weighted by Crippen LogP contribution is 2.40. The zero-order valence-electron chi connectivity index (χ0n) is 23.4. The molecule has 1 aliphatic heterocycles. The van der Waals surface area contributed by atoms with E-state index in [9.17, 15) is 9.90 Å². The second-order valence-corrected chi connectivity index (χ2v) is 10.8. The maximum Gasteiger partial charge on any atom is 0.352 e. The third-order valence-corrected chi connectivity index (χ3v) is 8.31. The number of rotatable bonds is 7. The predicted octanol–water partition coefficient (Wildman–Crippen LogP) is 7.03. The number of carboxylic acids is 1. The molecule has 1 N–H and O–H groups in total. The highest BCUT2D eigenvalue weighted by atomic mass is 35.5. The van der Waals surface area contributed by atoms with E-state index in [1.165, 1.54) is 6.07 Å². The Bertz CT molecular complexity index is 1570. The lowest BCUT2D eigenvalue weighted by atomic mass is 9.96. The fourth-order valence-electron chi connectivity index (χ4n) is 5.94. The molecule has 5 rings (SSSR count). The van der Waals surface area contributed by atoms with E-state index in [1.807, 2.05) is 40.0 Å². The van der Waals surface area contributed by atoms with Crippen molar-refractivity contribution >= 4 is 28.5 Å². The summed E-state index contributed by atoms with van der Waals surface area (Å²) in [5, 5.41) is 16.6. The molecule has 0 amide bonds. The van der Waals surface area contributed by atoms with Gasteiger partial charge in [-0.2, -0.15) is 5.10 Å². The molecular weight excluding hydrogens is 533 g/mol. The van der Waals surface area contributed by atoms with Gasteiger partial charge in [0, 0.05) is 47.4 Å². The third kappa shape index (κ3) is 5.10. The first kappa shape index (κ1) is 28.2. The quantitative estimate of drug-likeness (QED) is 0.242. The molecule has 0 fully saturated rings. The monoisotopic (exact) mass is 567 g/mol. The van der Waals surface area contributed by atoms with Crippen LogP contribution in [0.2, 0.25) is 5.02 Å². The van der Waals surface area contributed by atoms with Crippen LogP contribution in [0.15, 0.2) is 24.3 Å². The number of carboxylic acid groups (broad SMARTS) is 1. The Kier molecular flexibility index (Phi) is 8.19. The van der Waals surface area contributed by atoms with Crippen LogP contribution in [-0.4, -0.2) is 38.6 Å². The maximum absolute atomic E-state index is 15.8. The van der Waals surface area contributed by atoms with Gasteiger partial charge in [-0.1, -0.05) is 18.5 Å². The summed E-state index contributed by atoms with van der Waals surface area (Å²) in [4.78, 5) is 12.7. The van der Waals surface area contributed by atoms with Gasteiger partial charge in [0.15, 0.2) is 0 Å². The molecule has 4 aromatic rings. The maximum atomic E-state index is 15.8. The summed E-state index contributed by atoms with van der Waals surface area (Å²) in [6, 6.07) is 6.98. The zero-order valence-corrected chi connectivity index (χ0v) is 24.2. The van der Waals surface area contributed by atoms with Crippen molar-refractivity contribution in [1.29, 1.82) is 0 Å². The first-order chi connectivity index (χ1) is 19.2. The minimum absolute atomic E-state index is 0.212. The van der Waals surface area contributed by atoms with Crippen molar-refractivity contribution < 1.29 is 23.8 Å². The molecule has 3 heterocycles. The van der Waals surface area contributed by atoms with Gasteiger partial charge in [0.1, 0.15) is 17.3 Å². The first-order valence-corrected chi connectivity index (χ1v) is 14.2. The van der Waals surface area contributed by atoms with E-state index in [0.717, 1.165) is 39.4 Å². The van der Waals surface area contributed by atoms with Gasteiger partial charge in [-0.3, -0.25) is 4.68 Å². The fraction of sp³-hybridized carbons (Fsp3) is 0.419. The van der Waals surface area contributed by atoms with Crippen molar-refractivity contribution in [2.24, 2.45) is 7.05 Å². The number of benzene rings is 2. The second-order valence-electron chi connectivity index (χ2n) is 10.4. The number of hydrogen-bond donors (Lipinski definition) is 1. The number of halogens is 2. The van der Waals surface area contributed by atoms with Crippen LogP contribution in [0.25, 0.3) is 22.0 Å². The summed E-state index contributed by atoms with van der Waals surface area (Å²) < 4.78 is 31.3. The van der Waals surface area contributed by atoms with E-state index >= 15 is 4.39 Å². The Morgan fingerprint density at radius 2 is 1.95 bits per heavy atom. The van der Waals surface area contributed by atoms with Gasteiger partial charge in [0.25, 0.3) is 0 Å². The van der Waals surface area contributed by atoms with Gasteiger partial charge < -0.3 is 19.1 Å². The molecule has 212 valence electrons. The lowest BCUT2D eigenvalue weighted by Gasteiger charge is -2.13. The Balaban J connectivity index is 1.60. The second kappa shape index (κ2) is 11.6. The number of aromatic nitrogens is 3. The van der Waals surface area contributed by atoms with Crippen molar-refractivity contribution in [3.05, 3.63) is 68.9 Å². The van der Waals surface area contributed by atoms with Crippen LogP contribution < -0.4 is 4.74 Å². The normalized spacial score (nSPS) is 13.8. The van der Waals surface area contributed by atoms with Crippen LogP contribution in [0.4, 0.5) is 4.39 Å². The molecule has 7 nitrogen and oxygen atoms in total. The van der Waals surface area contributed by atoms with E-state index in [1.54, 1.807) is 15.3 Å². The number of nitrogens with zero attached hydrogens (tertiary/aromatic N) is 3. The minimum atomic E-state index is -1.02. The molecule has 0 aliphatic carbocycles. The van der Waals surface area contributed by atoms with Crippen LogP contribution in [-0.2, 0) is 37.8 Å². The molecule has 0 saturated carbocycles. The van der Waals surface area contributed by atoms with Crippen molar-refractivity contribution in [2.75, 3.05) is 13.2 Å². The summed E-state index contributed by atoms with van der Waals surface area (Å²) in [5.74, 6) is -0.678. The number of ether oxygens (including phenoxy) is 2. The van der Waals surface area contributed by atoms with E-state index < -0.39 is 11.8 Å². The van der Waals surface area contributed by atoms with Gasteiger partial charge >= 0.3 is 5.97 Å². The van der Waals surface area contributed by atoms with Gasteiger partial charge in [0.05, 0.1) is 24.4 Å². The van der Waals surface area contributed by atoms with E-state index in [0.29, 0.717) is 73.3 Å². The van der Waals surface area contributed by atoms with E-state index in [2.05, 4.69) is 5.10 Å². The number of carbonyl (C=O) groups is 1. The highest BCUT2D eigenvalue weighted by Gasteiger charge is 2.29. The molecule has 0 radical (unpaired) electrons. The molecule has 2 aromatic carbocycles. The summed E-state index contributed by atoms with van der Waals surface area (Å²) >= 11 is 6.29. The standard InChI is InChI=1S/C31H35ClFN3O4/c1-5-25-27-24(34-35(25)4)17-39-13-7-6-12-36-29-22(10-11-23(33)26(27)29)21(30(36)31(37)38)9-8-14-40-20-15-18(2)28(32)19(3)16-20/h10-11,15-16H,5-9,12-14,17H2,1-4H3,(H,37,38). The SMILES string of the molecule is CCc1c2c(nn1C)COCCCCn1c(C(=O)O)c(CCCOc3cc(C)c(Cl)c(C)c3)c3ccc(F)c-2c31. The van der Waals surface area contributed by atoms with Gasteiger partial charge in [0.2, 0.25) is 0 Å². The Morgan fingerprint density at radius 1 is 1.20 bits per heavy atom.